The van der Waals surface area contributed by atoms with Crippen LogP contribution in [0.2, 0.25) is 0 Å². The summed E-state index contributed by atoms with van der Waals surface area (Å²) >= 11 is 0. The number of aromatic nitrogens is 5. The summed E-state index contributed by atoms with van der Waals surface area (Å²) < 4.78 is 9.72. The molecule has 5 heterocycles. The summed E-state index contributed by atoms with van der Waals surface area (Å²) in [4.78, 5) is 5.93. The Hall–Kier alpha value is -10.2. The van der Waals surface area contributed by atoms with Gasteiger partial charge in [-0.05, 0) is 108 Å². The zero-order valence-corrected chi connectivity index (χ0v) is 41.2. The summed E-state index contributed by atoms with van der Waals surface area (Å²) in [6.45, 7) is 0. The molecule has 11 aromatic carbocycles. The lowest BCUT2D eigenvalue weighted by molar-refractivity contribution is 1.13. The Morgan fingerprint density at radius 3 is 0.934 bits per heavy atom. The van der Waals surface area contributed by atoms with Crippen molar-refractivity contribution >= 4 is 87.2 Å². The highest BCUT2D eigenvalue weighted by Gasteiger charge is 2.23. The van der Waals surface area contributed by atoms with Crippen LogP contribution in [0.4, 0.5) is 0 Å². The average Bonchev–Trinajstić information content (AvgIpc) is 4.25. The predicted molar refractivity (Wildman–Crippen MR) is 318 cm³/mol. The fourth-order valence-electron chi connectivity index (χ4n) is 12.5. The first-order valence-corrected chi connectivity index (χ1v) is 26.0. The summed E-state index contributed by atoms with van der Waals surface area (Å²) in [5, 5.41) is 9.73. The number of hydrogen-bond acceptors (Lipinski definition) is 1. The van der Waals surface area contributed by atoms with Gasteiger partial charge in [0.2, 0.25) is 0 Å². The van der Waals surface area contributed by atoms with Crippen LogP contribution in [0.15, 0.2) is 273 Å². The second-order valence-corrected chi connectivity index (χ2v) is 19.9. The van der Waals surface area contributed by atoms with E-state index in [9.17, 15) is 0 Å². The molecule has 0 atom stereocenters. The molecule has 0 aliphatic rings. The highest BCUT2D eigenvalue weighted by Crippen LogP contribution is 2.43. The molecule has 0 saturated heterocycles. The lowest BCUT2D eigenvalue weighted by atomic mass is 9.98. The van der Waals surface area contributed by atoms with Gasteiger partial charge in [0, 0.05) is 71.3 Å². The zero-order chi connectivity index (χ0) is 49.8. The molecule has 0 fully saturated rings. The van der Waals surface area contributed by atoms with Crippen LogP contribution in [0.5, 0.6) is 0 Å². The second-order valence-electron chi connectivity index (χ2n) is 19.9. The van der Waals surface area contributed by atoms with Crippen LogP contribution >= 0.6 is 0 Å². The Kier molecular flexibility index (Phi) is 9.27. The largest absolute Gasteiger partial charge is 0.309 e. The highest BCUT2D eigenvalue weighted by atomic mass is 15.0. The molecule has 5 heteroatoms. The van der Waals surface area contributed by atoms with Crippen molar-refractivity contribution in [3.05, 3.63) is 273 Å². The van der Waals surface area contributed by atoms with Gasteiger partial charge >= 0.3 is 0 Å². The smallest absolute Gasteiger partial charge is 0.0737 e. The average molecular weight is 968 g/mol. The van der Waals surface area contributed by atoms with E-state index in [-0.39, 0.29) is 0 Å². The van der Waals surface area contributed by atoms with Gasteiger partial charge in [-0.25, -0.2) is 4.98 Å². The Morgan fingerprint density at radius 2 is 0.539 bits per heavy atom. The first-order valence-electron chi connectivity index (χ1n) is 26.0. The minimum Gasteiger partial charge on any atom is -0.309 e. The second kappa shape index (κ2) is 16.7. The summed E-state index contributed by atoms with van der Waals surface area (Å²) in [5.41, 5.74) is 19.4. The number of pyridine rings is 1. The maximum atomic E-state index is 5.93. The van der Waals surface area contributed by atoms with Gasteiger partial charge in [0.15, 0.2) is 0 Å². The molecule has 0 unspecified atom stereocenters. The fourth-order valence-corrected chi connectivity index (χ4v) is 12.5. The van der Waals surface area contributed by atoms with Gasteiger partial charge < -0.3 is 18.3 Å². The third-order valence-corrected chi connectivity index (χ3v) is 15.7. The molecule has 0 bridgehead atoms. The van der Waals surface area contributed by atoms with Crippen LogP contribution in [-0.2, 0) is 0 Å². The number of fused-ring (bicyclic) bond motifs is 12. The van der Waals surface area contributed by atoms with Crippen LogP contribution < -0.4 is 0 Å². The van der Waals surface area contributed by atoms with Crippen LogP contribution in [0.1, 0.15) is 0 Å². The third-order valence-electron chi connectivity index (χ3n) is 15.7. The minimum atomic E-state index is 0.872. The number of rotatable bonds is 7. The van der Waals surface area contributed by atoms with Crippen molar-refractivity contribution < 1.29 is 0 Å². The molecule has 5 aromatic heterocycles. The monoisotopic (exact) mass is 967 g/mol. The van der Waals surface area contributed by atoms with Crippen LogP contribution in [0, 0.1) is 0 Å². The van der Waals surface area contributed by atoms with E-state index in [4.69, 9.17) is 4.98 Å². The van der Waals surface area contributed by atoms with Crippen LogP contribution in [0.25, 0.3) is 144 Å². The lowest BCUT2D eigenvalue weighted by Gasteiger charge is -2.19. The molecule has 16 aromatic rings. The topological polar surface area (TPSA) is 32.6 Å². The number of nitrogens with zero attached hydrogens (tertiary/aromatic N) is 5. The van der Waals surface area contributed by atoms with Gasteiger partial charge in [-0.3, -0.25) is 0 Å². The molecular formula is C71H45N5. The van der Waals surface area contributed by atoms with E-state index in [2.05, 4.69) is 291 Å². The maximum Gasteiger partial charge on any atom is 0.0737 e. The molecule has 0 amide bonds. The molecule has 0 radical (unpaired) electrons. The molecule has 354 valence electrons. The normalized spacial score (nSPS) is 11.9. The van der Waals surface area contributed by atoms with E-state index in [0.717, 1.165) is 101 Å². The summed E-state index contributed by atoms with van der Waals surface area (Å²) in [7, 11) is 0. The van der Waals surface area contributed by atoms with Gasteiger partial charge in [-0.2, -0.15) is 0 Å². The van der Waals surface area contributed by atoms with Gasteiger partial charge in [0.25, 0.3) is 0 Å². The van der Waals surface area contributed by atoms with Crippen molar-refractivity contribution in [3.63, 3.8) is 0 Å². The van der Waals surface area contributed by atoms with Crippen molar-refractivity contribution in [1.82, 2.24) is 23.3 Å². The highest BCUT2D eigenvalue weighted by molar-refractivity contribution is 6.13. The van der Waals surface area contributed by atoms with Gasteiger partial charge in [-0.1, -0.05) is 176 Å². The zero-order valence-electron chi connectivity index (χ0n) is 41.2. The fraction of sp³-hybridized carbons (Fsp3) is 0. The van der Waals surface area contributed by atoms with E-state index < -0.39 is 0 Å². The Balaban J connectivity index is 1.02. The minimum absolute atomic E-state index is 0.872. The Morgan fingerprint density at radius 1 is 0.211 bits per heavy atom. The Bertz CT molecular complexity index is 4660. The Labute approximate surface area is 437 Å². The summed E-state index contributed by atoms with van der Waals surface area (Å²) in [5.74, 6) is 0. The molecule has 0 N–H and O–H groups in total. The van der Waals surface area contributed by atoms with E-state index in [1.54, 1.807) is 0 Å². The first kappa shape index (κ1) is 42.3. The predicted octanol–water partition coefficient (Wildman–Crippen LogP) is 18.5. The summed E-state index contributed by atoms with van der Waals surface area (Å²) in [6, 6.07) is 99.6. The molecule has 0 aliphatic carbocycles. The third kappa shape index (κ3) is 6.36. The van der Waals surface area contributed by atoms with E-state index in [1.165, 1.54) is 43.1 Å². The molecule has 76 heavy (non-hydrogen) atoms. The standard InChI is InChI=1S/C71H45N5/c1-2-20-46(21-3-1)47-42-61(48-40-50(74-65-32-14-6-24-54(65)55-25-7-15-33-66(55)74)44-51(41-48)75-67-34-16-8-26-56(67)57-27-9-17-35-68(57)75)72-62(43-47)60-45-49(73-63-30-12-4-22-52(63)53-23-5-13-31-64(53)73)38-39-71(60)76-69-36-18-10-28-58(69)59-29-11-19-37-70(59)76/h1-45H. The van der Waals surface area contributed by atoms with Gasteiger partial charge in [-0.15, -0.1) is 0 Å². The van der Waals surface area contributed by atoms with Crippen molar-refractivity contribution in [2.24, 2.45) is 0 Å². The van der Waals surface area contributed by atoms with Crippen LogP contribution in [-0.4, -0.2) is 23.3 Å². The molecule has 16 rings (SSSR count). The number of benzene rings is 11. The van der Waals surface area contributed by atoms with E-state index in [0.29, 0.717) is 0 Å². The van der Waals surface area contributed by atoms with Crippen molar-refractivity contribution in [3.8, 4) is 56.4 Å². The first-order chi connectivity index (χ1) is 37.7. The molecule has 5 nitrogen and oxygen atoms in total. The maximum absolute atomic E-state index is 5.93. The number of para-hydroxylation sites is 8. The molecule has 0 spiro atoms. The van der Waals surface area contributed by atoms with Crippen LogP contribution in [0.3, 0.4) is 0 Å². The molecule has 0 saturated carbocycles. The van der Waals surface area contributed by atoms with Gasteiger partial charge in [0.05, 0.1) is 61.2 Å². The lowest BCUT2D eigenvalue weighted by Crippen LogP contribution is -2.03. The SMILES string of the molecule is c1ccc(-c2cc(-c3cc(-n4c5ccccc5c5ccccc54)cc(-n4c5ccccc5c5ccccc54)c3)nc(-c3cc(-n4c5ccccc5c5ccccc54)ccc3-n3c4ccccc4c4ccccc43)c2)cc1. The summed E-state index contributed by atoms with van der Waals surface area (Å²) in [6.07, 6.45) is 0. The number of hydrogen-bond donors (Lipinski definition) is 0. The van der Waals surface area contributed by atoms with E-state index >= 15 is 0 Å². The van der Waals surface area contributed by atoms with E-state index in [1.807, 2.05) is 0 Å². The van der Waals surface area contributed by atoms with Crippen molar-refractivity contribution in [2.75, 3.05) is 0 Å². The molecule has 0 aliphatic heterocycles. The van der Waals surface area contributed by atoms with Gasteiger partial charge in [0.1, 0.15) is 0 Å². The van der Waals surface area contributed by atoms with Crippen molar-refractivity contribution in [1.29, 1.82) is 0 Å². The quantitative estimate of drug-likeness (QED) is 0.157. The van der Waals surface area contributed by atoms with Crippen molar-refractivity contribution in [2.45, 2.75) is 0 Å². The molecular weight excluding hydrogens is 923 g/mol.